The summed E-state index contributed by atoms with van der Waals surface area (Å²) >= 11 is 0. The van der Waals surface area contributed by atoms with E-state index in [1.807, 2.05) is 62.4 Å². The predicted molar refractivity (Wildman–Crippen MR) is 92.1 cm³/mol. The first kappa shape index (κ1) is 17.1. The lowest BCUT2D eigenvalue weighted by Crippen LogP contribution is -2.13. The summed E-state index contributed by atoms with van der Waals surface area (Å²) in [4.78, 5) is 11.5. The van der Waals surface area contributed by atoms with Gasteiger partial charge in [0.15, 0.2) is 0 Å². The molecular weight excluding hydrogens is 288 g/mol. The summed E-state index contributed by atoms with van der Waals surface area (Å²) < 4.78 is 5.69. The molecule has 2 aromatic rings. The van der Waals surface area contributed by atoms with Crippen LogP contribution in [0.2, 0.25) is 0 Å². The van der Waals surface area contributed by atoms with Crippen molar-refractivity contribution in [3.63, 3.8) is 0 Å². The van der Waals surface area contributed by atoms with Crippen molar-refractivity contribution in [1.29, 1.82) is 0 Å². The number of carboxylic acids is 1. The number of aryl methyl sites for hydroxylation is 2. The molecule has 0 heterocycles. The minimum Gasteiger partial charge on any atom is -0.494 e. The molecule has 3 heteroatoms. The molecule has 2 rings (SSSR count). The van der Waals surface area contributed by atoms with Gasteiger partial charge in [-0.1, -0.05) is 42.0 Å². The van der Waals surface area contributed by atoms with Crippen molar-refractivity contribution in [2.45, 2.75) is 39.0 Å². The molecule has 0 spiro atoms. The van der Waals surface area contributed by atoms with Gasteiger partial charge in [-0.25, -0.2) is 0 Å². The Morgan fingerprint density at radius 1 is 1.04 bits per heavy atom. The molecule has 0 saturated heterocycles. The number of benzene rings is 2. The number of carbonyl (C=O) groups is 1. The molecule has 3 nitrogen and oxygen atoms in total. The highest BCUT2D eigenvalue weighted by Gasteiger charge is 2.20. The van der Waals surface area contributed by atoms with Crippen LogP contribution in [0.1, 0.15) is 41.9 Å². The second-order valence-electron chi connectivity index (χ2n) is 5.90. The number of ether oxygens (including phenoxy) is 1. The third-order valence-corrected chi connectivity index (χ3v) is 4.04. The lowest BCUT2D eigenvalue weighted by atomic mass is 9.90. The highest BCUT2D eigenvalue weighted by molar-refractivity contribution is 5.76. The first-order valence-electron chi connectivity index (χ1n) is 8.05. The zero-order valence-electron chi connectivity index (χ0n) is 13.8. The smallest absolute Gasteiger partial charge is 0.310 e. The first-order valence-corrected chi connectivity index (χ1v) is 8.05. The van der Waals surface area contributed by atoms with Crippen LogP contribution in [-0.2, 0) is 4.79 Å². The SMILES string of the molecule is Cc1ccc(OCCCCC(C(=O)O)c2ccccc2C)cc1. The van der Waals surface area contributed by atoms with Crippen LogP contribution in [0.25, 0.3) is 0 Å². The summed E-state index contributed by atoms with van der Waals surface area (Å²) in [6.45, 7) is 4.62. The van der Waals surface area contributed by atoms with Crippen molar-refractivity contribution in [1.82, 2.24) is 0 Å². The van der Waals surface area contributed by atoms with Gasteiger partial charge in [0, 0.05) is 0 Å². The van der Waals surface area contributed by atoms with Gasteiger partial charge in [-0.15, -0.1) is 0 Å². The molecule has 23 heavy (non-hydrogen) atoms. The Hall–Kier alpha value is -2.29. The number of hydrogen-bond donors (Lipinski definition) is 1. The summed E-state index contributed by atoms with van der Waals surface area (Å²) in [6.07, 6.45) is 2.32. The average Bonchev–Trinajstić information content (AvgIpc) is 2.53. The molecule has 0 fully saturated rings. The zero-order chi connectivity index (χ0) is 16.7. The van der Waals surface area contributed by atoms with E-state index in [1.165, 1.54) is 5.56 Å². The largest absolute Gasteiger partial charge is 0.494 e. The molecule has 0 aliphatic heterocycles. The molecule has 122 valence electrons. The Kier molecular flexibility index (Phi) is 6.21. The number of rotatable bonds is 8. The molecule has 0 saturated carbocycles. The fraction of sp³-hybridized carbons (Fsp3) is 0.350. The monoisotopic (exact) mass is 312 g/mol. The van der Waals surface area contributed by atoms with E-state index >= 15 is 0 Å². The van der Waals surface area contributed by atoms with Crippen LogP contribution in [0, 0.1) is 13.8 Å². The summed E-state index contributed by atoms with van der Waals surface area (Å²) in [5.74, 6) is -0.321. The number of aliphatic carboxylic acids is 1. The second-order valence-corrected chi connectivity index (χ2v) is 5.90. The molecule has 1 unspecified atom stereocenters. The van der Waals surface area contributed by atoms with Crippen LogP contribution in [0.5, 0.6) is 5.75 Å². The van der Waals surface area contributed by atoms with Crippen molar-refractivity contribution in [3.8, 4) is 5.75 Å². The maximum atomic E-state index is 11.5. The molecule has 2 aromatic carbocycles. The van der Waals surface area contributed by atoms with Gasteiger partial charge < -0.3 is 9.84 Å². The van der Waals surface area contributed by atoms with Gasteiger partial charge >= 0.3 is 5.97 Å². The molecule has 1 atom stereocenters. The van der Waals surface area contributed by atoms with Gasteiger partial charge in [0.25, 0.3) is 0 Å². The molecule has 0 aromatic heterocycles. The highest BCUT2D eigenvalue weighted by Crippen LogP contribution is 2.25. The van der Waals surface area contributed by atoms with E-state index in [2.05, 4.69) is 0 Å². The van der Waals surface area contributed by atoms with Crippen molar-refractivity contribution in [2.24, 2.45) is 0 Å². The summed E-state index contributed by atoms with van der Waals surface area (Å²) in [5.41, 5.74) is 3.16. The molecule has 0 amide bonds. The normalized spacial score (nSPS) is 11.9. The number of carboxylic acid groups (broad SMARTS) is 1. The lowest BCUT2D eigenvalue weighted by Gasteiger charge is -2.15. The van der Waals surface area contributed by atoms with Gasteiger partial charge in [0.05, 0.1) is 12.5 Å². The van der Waals surface area contributed by atoms with Crippen LogP contribution in [-0.4, -0.2) is 17.7 Å². The van der Waals surface area contributed by atoms with Crippen LogP contribution in [0.3, 0.4) is 0 Å². The van der Waals surface area contributed by atoms with Gasteiger partial charge in [-0.3, -0.25) is 4.79 Å². The van der Waals surface area contributed by atoms with Crippen molar-refractivity contribution < 1.29 is 14.6 Å². The van der Waals surface area contributed by atoms with E-state index in [-0.39, 0.29) is 0 Å². The Balaban J connectivity index is 1.80. The molecule has 0 aliphatic carbocycles. The van der Waals surface area contributed by atoms with E-state index in [4.69, 9.17) is 4.74 Å². The third kappa shape index (κ3) is 5.13. The summed E-state index contributed by atoms with van der Waals surface area (Å²) in [7, 11) is 0. The first-order chi connectivity index (χ1) is 11.1. The van der Waals surface area contributed by atoms with Crippen molar-refractivity contribution >= 4 is 5.97 Å². The van der Waals surface area contributed by atoms with Gasteiger partial charge in [0.1, 0.15) is 5.75 Å². The third-order valence-electron chi connectivity index (χ3n) is 4.04. The number of unbranched alkanes of at least 4 members (excludes halogenated alkanes) is 1. The fourth-order valence-electron chi connectivity index (χ4n) is 2.66. The molecule has 0 bridgehead atoms. The van der Waals surface area contributed by atoms with Gasteiger partial charge in [0.2, 0.25) is 0 Å². The van der Waals surface area contributed by atoms with Crippen molar-refractivity contribution in [3.05, 3.63) is 65.2 Å². The van der Waals surface area contributed by atoms with Crippen LogP contribution in [0.4, 0.5) is 0 Å². The standard InChI is InChI=1S/C20H24O3/c1-15-10-12-17(13-11-15)23-14-6-5-9-19(20(21)22)18-8-4-3-7-16(18)2/h3-4,7-8,10-13,19H,5-6,9,14H2,1-2H3,(H,21,22). The van der Waals surface area contributed by atoms with Gasteiger partial charge in [-0.2, -0.15) is 0 Å². The minimum atomic E-state index is -0.751. The van der Waals surface area contributed by atoms with E-state index in [9.17, 15) is 9.90 Å². The summed E-state index contributed by atoms with van der Waals surface area (Å²) in [5, 5.41) is 9.48. The Morgan fingerprint density at radius 3 is 2.39 bits per heavy atom. The van der Waals surface area contributed by atoms with Crippen LogP contribution >= 0.6 is 0 Å². The van der Waals surface area contributed by atoms with E-state index < -0.39 is 11.9 Å². The Bertz CT molecular complexity index is 632. The fourth-order valence-corrected chi connectivity index (χ4v) is 2.66. The van der Waals surface area contributed by atoms with Gasteiger partial charge in [-0.05, 0) is 56.4 Å². The summed E-state index contributed by atoms with van der Waals surface area (Å²) in [6, 6.07) is 15.7. The minimum absolute atomic E-state index is 0.435. The number of hydrogen-bond acceptors (Lipinski definition) is 2. The topological polar surface area (TPSA) is 46.5 Å². The van der Waals surface area contributed by atoms with E-state index in [0.717, 1.165) is 29.7 Å². The lowest BCUT2D eigenvalue weighted by molar-refractivity contribution is -0.139. The Labute approximate surface area is 137 Å². The van der Waals surface area contributed by atoms with Crippen molar-refractivity contribution in [2.75, 3.05) is 6.61 Å². The van der Waals surface area contributed by atoms with E-state index in [1.54, 1.807) is 0 Å². The quantitative estimate of drug-likeness (QED) is 0.717. The maximum Gasteiger partial charge on any atom is 0.310 e. The van der Waals surface area contributed by atoms with E-state index in [0.29, 0.717) is 13.0 Å². The molecule has 0 aliphatic rings. The molecule has 1 N–H and O–H groups in total. The predicted octanol–water partition coefficient (Wildman–Crippen LogP) is 4.72. The Morgan fingerprint density at radius 2 is 1.74 bits per heavy atom. The molecule has 0 radical (unpaired) electrons. The second kappa shape index (κ2) is 8.37. The molecular formula is C20H24O3. The average molecular weight is 312 g/mol. The maximum absolute atomic E-state index is 11.5. The van der Waals surface area contributed by atoms with Crippen LogP contribution < -0.4 is 4.74 Å². The zero-order valence-corrected chi connectivity index (χ0v) is 13.8. The highest BCUT2D eigenvalue weighted by atomic mass is 16.5. The van der Waals surface area contributed by atoms with Crippen LogP contribution in [0.15, 0.2) is 48.5 Å².